The molecule has 0 aliphatic heterocycles. The van der Waals surface area contributed by atoms with Crippen LogP contribution < -0.4 is 4.74 Å². The molecule has 0 bridgehead atoms. The lowest BCUT2D eigenvalue weighted by atomic mass is 10.1. The average Bonchev–Trinajstić information content (AvgIpc) is 2.44. The summed E-state index contributed by atoms with van der Waals surface area (Å²) >= 11 is 0. The van der Waals surface area contributed by atoms with Gasteiger partial charge in [0.1, 0.15) is 5.75 Å². The summed E-state index contributed by atoms with van der Waals surface area (Å²) in [6.07, 6.45) is 4.22. The van der Waals surface area contributed by atoms with Crippen molar-refractivity contribution >= 4 is 12.2 Å². The third kappa shape index (κ3) is 4.63. The number of rotatable bonds is 5. The van der Waals surface area contributed by atoms with Crippen molar-refractivity contribution in [1.29, 1.82) is 0 Å². The van der Waals surface area contributed by atoms with Crippen LogP contribution >= 0.6 is 0 Å². The lowest BCUT2D eigenvalue weighted by Crippen LogP contribution is -2.04. The van der Waals surface area contributed by atoms with Crippen molar-refractivity contribution in [1.82, 2.24) is 0 Å². The Bertz CT molecular complexity index is 526. The summed E-state index contributed by atoms with van der Waals surface area (Å²) in [6.45, 7) is 5.06. The zero-order valence-electron chi connectivity index (χ0n) is 11.5. The van der Waals surface area contributed by atoms with Crippen LogP contribution in [-0.2, 0) is 0 Å². The molecule has 0 saturated heterocycles. The number of ether oxygens (including phenoxy) is 1. The van der Waals surface area contributed by atoms with Crippen molar-refractivity contribution in [2.24, 2.45) is 5.92 Å². The lowest BCUT2D eigenvalue weighted by molar-refractivity contribution is 0.271. The van der Waals surface area contributed by atoms with Crippen LogP contribution in [0.25, 0.3) is 12.2 Å². The molecule has 98 valence electrons. The van der Waals surface area contributed by atoms with E-state index in [2.05, 4.69) is 50.3 Å². The molecule has 19 heavy (non-hydrogen) atoms. The summed E-state index contributed by atoms with van der Waals surface area (Å²) in [5, 5.41) is 0. The zero-order valence-corrected chi connectivity index (χ0v) is 11.5. The summed E-state index contributed by atoms with van der Waals surface area (Å²) in [6, 6.07) is 18.5. The van der Waals surface area contributed by atoms with Crippen LogP contribution in [0.4, 0.5) is 0 Å². The maximum atomic E-state index is 5.73. The fourth-order valence-electron chi connectivity index (χ4n) is 1.73. The van der Waals surface area contributed by atoms with Crippen LogP contribution in [0.3, 0.4) is 0 Å². The van der Waals surface area contributed by atoms with Crippen molar-refractivity contribution in [3.63, 3.8) is 0 Å². The van der Waals surface area contributed by atoms with E-state index in [0.29, 0.717) is 5.92 Å². The van der Waals surface area contributed by atoms with Crippen LogP contribution in [0.15, 0.2) is 54.6 Å². The number of benzene rings is 2. The van der Waals surface area contributed by atoms with Gasteiger partial charge in [-0.3, -0.25) is 0 Å². The molecule has 1 heteroatoms. The fourth-order valence-corrected chi connectivity index (χ4v) is 1.73. The van der Waals surface area contributed by atoms with E-state index in [0.717, 1.165) is 17.9 Å². The molecule has 0 N–H and O–H groups in total. The highest BCUT2D eigenvalue weighted by Gasteiger charge is 1.97. The first-order chi connectivity index (χ1) is 9.24. The Morgan fingerprint density at radius 2 is 1.58 bits per heavy atom. The third-order valence-corrected chi connectivity index (χ3v) is 2.71. The minimum atomic E-state index is 0.545. The first-order valence-corrected chi connectivity index (χ1v) is 6.70. The predicted octanol–water partition coefficient (Wildman–Crippen LogP) is 4.89. The van der Waals surface area contributed by atoms with Gasteiger partial charge in [-0.25, -0.2) is 0 Å². The van der Waals surface area contributed by atoms with E-state index in [9.17, 15) is 0 Å². The molecule has 2 aromatic rings. The molecular weight excluding hydrogens is 232 g/mol. The quantitative estimate of drug-likeness (QED) is 0.688. The van der Waals surface area contributed by atoms with Gasteiger partial charge in [0.15, 0.2) is 0 Å². The van der Waals surface area contributed by atoms with Gasteiger partial charge in [0.05, 0.1) is 6.61 Å². The minimum Gasteiger partial charge on any atom is -0.493 e. The van der Waals surface area contributed by atoms with Gasteiger partial charge in [0.25, 0.3) is 0 Å². The second-order valence-electron chi connectivity index (χ2n) is 5.02. The van der Waals surface area contributed by atoms with E-state index in [1.807, 2.05) is 30.3 Å². The van der Waals surface area contributed by atoms with Gasteiger partial charge >= 0.3 is 0 Å². The van der Waals surface area contributed by atoms with E-state index >= 15 is 0 Å². The molecular formula is C18H20O. The van der Waals surface area contributed by atoms with Crippen molar-refractivity contribution < 1.29 is 4.74 Å². The molecule has 0 aliphatic carbocycles. The second kappa shape index (κ2) is 6.79. The molecule has 0 aliphatic rings. The molecule has 1 nitrogen and oxygen atoms in total. The molecule has 2 aromatic carbocycles. The molecule has 0 saturated carbocycles. The molecule has 2 rings (SSSR count). The van der Waals surface area contributed by atoms with Gasteiger partial charge in [-0.15, -0.1) is 0 Å². The summed E-state index contributed by atoms with van der Waals surface area (Å²) in [5.74, 6) is 1.48. The summed E-state index contributed by atoms with van der Waals surface area (Å²) in [5.41, 5.74) is 2.36. The Hall–Kier alpha value is -2.02. The number of hydrogen-bond donors (Lipinski definition) is 0. The van der Waals surface area contributed by atoms with Gasteiger partial charge in [-0.2, -0.15) is 0 Å². The largest absolute Gasteiger partial charge is 0.493 e. The molecule has 0 fully saturated rings. The van der Waals surface area contributed by atoms with Gasteiger partial charge in [0, 0.05) is 0 Å². The van der Waals surface area contributed by atoms with Crippen molar-refractivity contribution in [2.45, 2.75) is 13.8 Å². The summed E-state index contributed by atoms with van der Waals surface area (Å²) < 4.78 is 5.73. The Kier molecular flexibility index (Phi) is 4.79. The first-order valence-electron chi connectivity index (χ1n) is 6.70. The van der Waals surface area contributed by atoms with Gasteiger partial charge < -0.3 is 4.74 Å². The van der Waals surface area contributed by atoms with Gasteiger partial charge in [-0.05, 0) is 29.2 Å². The Balaban J connectivity index is 2.04. The smallest absolute Gasteiger partial charge is 0.119 e. The SMILES string of the molecule is CC(C)COc1cccc(C=Cc2ccccc2)c1. The van der Waals surface area contributed by atoms with Gasteiger partial charge in [-0.1, -0.05) is 68.5 Å². The highest BCUT2D eigenvalue weighted by molar-refractivity contribution is 5.70. The Labute approximate surface area is 115 Å². The van der Waals surface area contributed by atoms with E-state index in [-0.39, 0.29) is 0 Å². The topological polar surface area (TPSA) is 9.23 Å². The van der Waals surface area contributed by atoms with Crippen molar-refractivity contribution in [3.05, 3.63) is 65.7 Å². The Morgan fingerprint density at radius 1 is 0.895 bits per heavy atom. The maximum absolute atomic E-state index is 5.73. The fraction of sp³-hybridized carbons (Fsp3) is 0.222. The molecule has 0 spiro atoms. The molecule has 0 amide bonds. The predicted molar refractivity (Wildman–Crippen MR) is 82.1 cm³/mol. The average molecular weight is 252 g/mol. The first kappa shape index (κ1) is 13.4. The van der Waals surface area contributed by atoms with Crippen LogP contribution in [-0.4, -0.2) is 6.61 Å². The molecule has 0 radical (unpaired) electrons. The van der Waals surface area contributed by atoms with Crippen molar-refractivity contribution in [2.75, 3.05) is 6.61 Å². The second-order valence-corrected chi connectivity index (χ2v) is 5.02. The maximum Gasteiger partial charge on any atom is 0.119 e. The monoisotopic (exact) mass is 252 g/mol. The van der Waals surface area contributed by atoms with Crippen LogP contribution in [0, 0.1) is 5.92 Å². The van der Waals surface area contributed by atoms with E-state index in [1.165, 1.54) is 5.56 Å². The summed E-state index contributed by atoms with van der Waals surface area (Å²) in [4.78, 5) is 0. The Morgan fingerprint density at radius 3 is 2.32 bits per heavy atom. The minimum absolute atomic E-state index is 0.545. The van der Waals surface area contributed by atoms with Crippen molar-refractivity contribution in [3.8, 4) is 5.75 Å². The van der Waals surface area contributed by atoms with Crippen LogP contribution in [0.2, 0.25) is 0 Å². The summed E-state index contributed by atoms with van der Waals surface area (Å²) in [7, 11) is 0. The van der Waals surface area contributed by atoms with E-state index in [1.54, 1.807) is 0 Å². The van der Waals surface area contributed by atoms with E-state index < -0.39 is 0 Å². The normalized spacial score (nSPS) is 11.1. The highest BCUT2D eigenvalue weighted by atomic mass is 16.5. The van der Waals surface area contributed by atoms with Crippen LogP contribution in [0.5, 0.6) is 5.75 Å². The molecule has 0 aromatic heterocycles. The van der Waals surface area contributed by atoms with E-state index in [4.69, 9.17) is 4.74 Å². The standard InChI is InChI=1S/C18H20O/c1-15(2)14-19-18-10-6-9-17(13-18)12-11-16-7-4-3-5-8-16/h3-13,15H,14H2,1-2H3. The van der Waals surface area contributed by atoms with Crippen LogP contribution in [0.1, 0.15) is 25.0 Å². The molecule has 0 unspecified atom stereocenters. The zero-order chi connectivity index (χ0) is 13.5. The number of hydrogen-bond acceptors (Lipinski definition) is 1. The highest BCUT2D eigenvalue weighted by Crippen LogP contribution is 2.16. The molecule has 0 heterocycles. The lowest BCUT2D eigenvalue weighted by Gasteiger charge is -2.08. The molecule has 0 atom stereocenters. The van der Waals surface area contributed by atoms with Gasteiger partial charge in [0.2, 0.25) is 0 Å². The third-order valence-electron chi connectivity index (χ3n) is 2.71.